The highest BCUT2D eigenvalue weighted by molar-refractivity contribution is 5.97. The molecule has 2 aromatic heterocycles. The van der Waals surface area contributed by atoms with Crippen molar-refractivity contribution in [1.29, 1.82) is 0 Å². The molecule has 0 saturated carbocycles. The maximum Gasteiger partial charge on any atom is 0.161 e. The number of aromatic amines is 1. The molecular formula is C18H25N3O2. The zero-order valence-electron chi connectivity index (χ0n) is 14.5. The zero-order chi connectivity index (χ0) is 17.0. The lowest BCUT2D eigenvalue weighted by Crippen LogP contribution is -2.19. The summed E-state index contributed by atoms with van der Waals surface area (Å²) >= 11 is 0. The van der Waals surface area contributed by atoms with Gasteiger partial charge in [-0.2, -0.15) is 0 Å². The smallest absolute Gasteiger partial charge is 0.161 e. The summed E-state index contributed by atoms with van der Waals surface area (Å²) in [6.07, 6.45) is 5.11. The van der Waals surface area contributed by atoms with Crippen LogP contribution in [0.15, 0.2) is 24.4 Å². The Bertz CT molecular complexity index is 709. The van der Waals surface area contributed by atoms with Gasteiger partial charge in [-0.25, -0.2) is 4.98 Å². The summed E-state index contributed by atoms with van der Waals surface area (Å²) in [5.41, 5.74) is 1.28. The first kappa shape index (κ1) is 17.2. The first-order valence-corrected chi connectivity index (χ1v) is 7.74. The number of hydrogen-bond donors (Lipinski definition) is 1. The predicted octanol–water partition coefficient (Wildman–Crippen LogP) is 3.13. The van der Waals surface area contributed by atoms with Crippen molar-refractivity contribution < 1.29 is 9.53 Å². The van der Waals surface area contributed by atoms with Gasteiger partial charge in [-0.05, 0) is 38.4 Å². The third-order valence-electron chi connectivity index (χ3n) is 3.43. The lowest BCUT2D eigenvalue weighted by molar-refractivity contribution is -0.121. The Balaban J connectivity index is 2.10. The molecule has 0 radical (unpaired) electrons. The Kier molecular flexibility index (Phi) is 5.21. The van der Waals surface area contributed by atoms with Gasteiger partial charge in [-0.3, -0.25) is 4.79 Å². The fraction of sp³-hybridized carbons (Fsp3) is 0.444. The third kappa shape index (κ3) is 4.93. The highest BCUT2D eigenvalue weighted by atomic mass is 16.5. The summed E-state index contributed by atoms with van der Waals surface area (Å²) in [4.78, 5) is 21.6. The van der Waals surface area contributed by atoms with Crippen molar-refractivity contribution in [2.24, 2.45) is 5.41 Å². The molecule has 0 fully saturated rings. The number of ether oxygens (including phenoxy) is 1. The quantitative estimate of drug-likeness (QED) is 0.832. The van der Waals surface area contributed by atoms with Gasteiger partial charge in [-0.15, -0.1) is 0 Å². The van der Waals surface area contributed by atoms with E-state index >= 15 is 0 Å². The predicted molar refractivity (Wildman–Crippen MR) is 93.6 cm³/mol. The Morgan fingerprint density at radius 3 is 2.74 bits per heavy atom. The van der Waals surface area contributed by atoms with Gasteiger partial charge in [0.15, 0.2) is 5.78 Å². The van der Waals surface area contributed by atoms with E-state index < -0.39 is 0 Å². The number of hydrogen-bond acceptors (Lipinski definition) is 4. The first-order chi connectivity index (χ1) is 10.8. The molecule has 5 nitrogen and oxygen atoms in total. The van der Waals surface area contributed by atoms with Crippen LogP contribution in [-0.4, -0.2) is 47.9 Å². The average Bonchev–Trinajstić information content (AvgIpc) is 2.85. The van der Waals surface area contributed by atoms with Crippen LogP contribution in [0.25, 0.3) is 17.1 Å². The van der Waals surface area contributed by atoms with Crippen molar-refractivity contribution in [2.45, 2.75) is 20.8 Å². The molecule has 2 aromatic rings. The number of allylic oxidation sites excluding steroid dienone is 1. The van der Waals surface area contributed by atoms with Crippen molar-refractivity contribution in [3.8, 4) is 5.75 Å². The number of nitrogens with zero attached hydrogens (tertiary/aromatic N) is 2. The summed E-state index contributed by atoms with van der Waals surface area (Å²) < 4.78 is 5.69. The molecule has 1 N–H and O–H groups in total. The average molecular weight is 315 g/mol. The molecule has 0 atom stereocenters. The number of aromatic nitrogens is 2. The van der Waals surface area contributed by atoms with Gasteiger partial charge in [-0.1, -0.05) is 20.8 Å². The van der Waals surface area contributed by atoms with Crippen molar-refractivity contribution in [3.63, 3.8) is 0 Å². The van der Waals surface area contributed by atoms with Gasteiger partial charge in [0.05, 0.1) is 6.20 Å². The SMILES string of the molecule is CN(C)CCOc1cnc2[nH]c(/C=C/C(=O)C(C)(C)C)cc2c1. The molecule has 0 bridgehead atoms. The maximum atomic E-state index is 11.9. The van der Waals surface area contributed by atoms with Crippen LogP contribution in [-0.2, 0) is 4.79 Å². The molecule has 0 spiro atoms. The number of carbonyl (C=O) groups is 1. The monoisotopic (exact) mass is 315 g/mol. The largest absolute Gasteiger partial charge is 0.491 e. The molecule has 2 rings (SSSR count). The minimum Gasteiger partial charge on any atom is -0.491 e. The summed E-state index contributed by atoms with van der Waals surface area (Å²) in [5.74, 6) is 0.844. The van der Waals surface area contributed by atoms with Crippen molar-refractivity contribution >= 4 is 22.9 Å². The fourth-order valence-corrected chi connectivity index (χ4v) is 1.95. The van der Waals surface area contributed by atoms with E-state index in [0.717, 1.165) is 29.0 Å². The van der Waals surface area contributed by atoms with Crippen molar-refractivity contribution in [2.75, 3.05) is 27.2 Å². The second kappa shape index (κ2) is 6.96. The molecule has 124 valence electrons. The van der Waals surface area contributed by atoms with Gasteiger partial charge in [0.25, 0.3) is 0 Å². The molecular weight excluding hydrogens is 290 g/mol. The normalized spacial score (nSPS) is 12.4. The number of nitrogens with one attached hydrogen (secondary N) is 1. The fourth-order valence-electron chi connectivity index (χ4n) is 1.95. The van der Waals surface area contributed by atoms with Crippen LogP contribution in [0, 0.1) is 5.41 Å². The third-order valence-corrected chi connectivity index (χ3v) is 3.43. The summed E-state index contributed by atoms with van der Waals surface area (Å²) in [7, 11) is 4.02. The summed E-state index contributed by atoms with van der Waals surface area (Å²) in [6.45, 7) is 7.20. The van der Waals surface area contributed by atoms with E-state index in [9.17, 15) is 4.79 Å². The molecule has 0 aliphatic rings. The molecule has 0 unspecified atom stereocenters. The Hall–Kier alpha value is -2.14. The van der Waals surface area contributed by atoms with Crippen LogP contribution in [0.2, 0.25) is 0 Å². The molecule has 0 amide bonds. The summed E-state index contributed by atoms with van der Waals surface area (Å²) in [5, 5.41) is 0.968. The lowest BCUT2D eigenvalue weighted by atomic mass is 9.90. The molecule has 0 saturated heterocycles. The Morgan fingerprint density at radius 2 is 2.09 bits per heavy atom. The van der Waals surface area contributed by atoms with E-state index in [1.54, 1.807) is 18.3 Å². The van der Waals surface area contributed by atoms with E-state index in [2.05, 4.69) is 14.9 Å². The van der Waals surface area contributed by atoms with Crippen molar-refractivity contribution in [1.82, 2.24) is 14.9 Å². The van der Waals surface area contributed by atoms with E-state index in [-0.39, 0.29) is 11.2 Å². The van der Waals surface area contributed by atoms with Gasteiger partial charge < -0.3 is 14.6 Å². The van der Waals surface area contributed by atoms with Gasteiger partial charge in [0.2, 0.25) is 0 Å². The van der Waals surface area contributed by atoms with Crippen LogP contribution in [0.4, 0.5) is 0 Å². The van der Waals surface area contributed by atoms with Crippen molar-refractivity contribution in [3.05, 3.63) is 30.1 Å². The minimum atomic E-state index is -0.367. The number of likely N-dealkylation sites (N-methyl/N-ethyl adjacent to an activating group) is 1. The molecule has 0 aromatic carbocycles. The molecule has 23 heavy (non-hydrogen) atoms. The van der Waals surface area contributed by atoms with E-state index in [1.165, 1.54) is 0 Å². The van der Waals surface area contributed by atoms with E-state index in [4.69, 9.17) is 4.74 Å². The van der Waals surface area contributed by atoms with Crippen LogP contribution >= 0.6 is 0 Å². The molecule has 0 aliphatic carbocycles. The lowest BCUT2D eigenvalue weighted by Gasteiger charge is -2.12. The van der Waals surface area contributed by atoms with Crippen LogP contribution in [0.3, 0.4) is 0 Å². The van der Waals surface area contributed by atoms with Gasteiger partial charge >= 0.3 is 0 Å². The number of pyridine rings is 1. The number of ketones is 1. The van der Waals surface area contributed by atoms with Gasteiger partial charge in [0.1, 0.15) is 18.0 Å². The number of carbonyl (C=O) groups excluding carboxylic acids is 1. The molecule has 2 heterocycles. The standard InChI is InChI=1S/C18H25N3O2/c1-18(2,3)16(22)7-6-14-10-13-11-15(12-19-17(13)20-14)23-9-8-21(4)5/h6-7,10-12H,8-9H2,1-5H3,(H,19,20)/b7-6+. The number of rotatable bonds is 6. The van der Waals surface area contributed by atoms with E-state index in [0.29, 0.717) is 6.61 Å². The second-order valence-electron chi connectivity index (χ2n) is 6.93. The maximum absolute atomic E-state index is 11.9. The minimum absolute atomic E-state index is 0.0943. The van der Waals surface area contributed by atoms with Gasteiger partial charge in [0, 0.05) is 23.0 Å². The topological polar surface area (TPSA) is 58.2 Å². The highest BCUT2D eigenvalue weighted by Crippen LogP contribution is 2.21. The van der Waals surface area contributed by atoms with E-state index in [1.807, 2.05) is 47.0 Å². The van der Waals surface area contributed by atoms with Crippen LogP contribution in [0.5, 0.6) is 5.75 Å². The van der Waals surface area contributed by atoms with Crippen LogP contribution < -0.4 is 4.74 Å². The number of H-pyrrole nitrogens is 1. The number of fused-ring (bicyclic) bond motifs is 1. The second-order valence-corrected chi connectivity index (χ2v) is 6.93. The molecule has 0 aliphatic heterocycles. The molecule has 5 heteroatoms. The Morgan fingerprint density at radius 1 is 1.35 bits per heavy atom. The highest BCUT2D eigenvalue weighted by Gasteiger charge is 2.18. The summed E-state index contributed by atoms with van der Waals surface area (Å²) in [6, 6.07) is 3.92. The zero-order valence-corrected chi connectivity index (χ0v) is 14.5. The van der Waals surface area contributed by atoms with Crippen LogP contribution in [0.1, 0.15) is 26.5 Å². The first-order valence-electron chi connectivity index (χ1n) is 7.74. The Labute approximate surface area is 137 Å².